The number of nitrogens with one attached hydrogen (secondary N) is 1. The number of amides is 1. The van der Waals surface area contributed by atoms with Crippen molar-refractivity contribution >= 4 is 51.7 Å². The summed E-state index contributed by atoms with van der Waals surface area (Å²) in [6.45, 7) is 5.13. The first-order chi connectivity index (χ1) is 14.0. The second-order valence-electron chi connectivity index (χ2n) is 6.30. The fraction of sp³-hybridized carbons (Fsp3) is 0.368. The third-order valence-electron chi connectivity index (χ3n) is 4.25. The average molecular weight is 435 g/mol. The number of aromatic nitrogens is 2. The van der Waals surface area contributed by atoms with Gasteiger partial charge in [0.1, 0.15) is 15.8 Å². The molecule has 1 fully saturated rings. The highest BCUT2D eigenvalue weighted by atomic mass is 32.2. The molecule has 0 saturated carbocycles. The lowest BCUT2D eigenvalue weighted by Gasteiger charge is -2.12. The van der Waals surface area contributed by atoms with Gasteiger partial charge in [0.2, 0.25) is 0 Å². The fourth-order valence-electron chi connectivity index (χ4n) is 2.84. The van der Waals surface area contributed by atoms with Crippen LogP contribution in [0.4, 0.5) is 5.82 Å². The number of anilines is 1. The van der Waals surface area contributed by atoms with Gasteiger partial charge in [0, 0.05) is 19.3 Å². The summed E-state index contributed by atoms with van der Waals surface area (Å²) in [6, 6.07) is 3.65. The number of pyridine rings is 1. The maximum atomic E-state index is 13.2. The van der Waals surface area contributed by atoms with Crippen molar-refractivity contribution in [2.75, 3.05) is 38.2 Å². The standard InChI is InChI=1S/C19H22N4O4S2/c1-3-22-18(26)14(29-19(22)28)10-13-16(20-6-8-27-9-7-24)21-15-5-4-12(2)11-23(15)17(13)25/h4-5,10-11,20,24H,3,6-9H2,1-2H3/b14-10-. The second kappa shape index (κ2) is 9.49. The first-order valence-electron chi connectivity index (χ1n) is 9.17. The van der Waals surface area contributed by atoms with Crippen LogP contribution in [0.3, 0.4) is 0 Å². The molecule has 1 aliphatic heterocycles. The molecule has 8 nitrogen and oxygen atoms in total. The topological polar surface area (TPSA) is 96.2 Å². The van der Waals surface area contributed by atoms with Crippen molar-refractivity contribution in [1.82, 2.24) is 14.3 Å². The number of carbonyl (C=O) groups is 1. The Balaban J connectivity index is 2.03. The van der Waals surface area contributed by atoms with Gasteiger partial charge in [-0.15, -0.1) is 0 Å². The fourth-order valence-corrected chi connectivity index (χ4v) is 4.20. The SMILES string of the molecule is CCN1C(=O)/C(=C/c2c(NCCOCCO)nc3ccc(C)cn3c2=O)SC1=S. The van der Waals surface area contributed by atoms with Crippen LogP contribution in [0.1, 0.15) is 18.1 Å². The highest BCUT2D eigenvalue weighted by Crippen LogP contribution is 2.32. The van der Waals surface area contributed by atoms with E-state index in [1.165, 1.54) is 21.1 Å². The van der Waals surface area contributed by atoms with Gasteiger partial charge in [-0.1, -0.05) is 30.0 Å². The summed E-state index contributed by atoms with van der Waals surface area (Å²) in [5, 5.41) is 11.9. The van der Waals surface area contributed by atoms with Gasteiger partial charge >= 0.3 is 0 Å². The van der Waals surface area contributed by atoms with Crippen molar-refractivity contribution in [3.05, 3.63) is 44.7 Å². The zero-order valence-corrected chi connectivity index (χ0v) is 17.8. The van der Waals surface area contributed by atoms with Crippen LogP contribution in [0.2, 0.25) is 0 Å². The van der Waals surface area contributed by atoms with E-state index < -0.39 is 0 Å². The molecule has 1 amide bonds. The minimum atomic E-state index is -0.278. The summed E-state index contributed by atoms with van der Waals surface area (Å²) in [7, 11) is 0. The smallest absolute Gasteiger partial charge is 0.267 e. The molecule has 2 aromatic rings. The summed E-state index contributed by atoms with van der Waals surface area (Å²) in [5.41, 5.74) is 1.42. The largest absolute Gasteiger partial charge is 0.394 e. The Bertz CT molecular complexity index is 1030. The second-order valence-corrected chi connectivity index (χ2v) is 7.98. The van der Waals surface area contributed by atoms with Gasteiger partial charge in [0.15, 0.2) is 0 Å². The molecule has 0 radical (unpaired) electrons. The van der Waals surface area contributed by atoms with Gasteiger partial charge in [0.25, 0.3) is 11.5 Å². The lowest BCUT2D eigenvalue weighted by Crippen LogP contribution is -2.27. The minimum Gasteiger partial charge on any atom is -0.394 e. The molecule has 0 spiro atoms. The lowest BCUT2D eigenvalue weighted by atomic mass is 10.2. The number of hydrogen-bond acceptors (Lipinski definition) is 8. The van der Waals surface area contributed by atoms with Gasteiger partial charge in [-0.3, -0.25) is 18.9 Å². The van der Waals surface area contributed by atoms with E-state index in [2.05, 4.69) is 10.3 Å². The molecule has 29 heavy (non-hydrogen) atoms. The molecule has 2 N–H and O–H groups in total. The Hall–Kier alpha value is -2.27. The number of rotatable bonds is 8. The number of likely N-dealkylation sites (N-methyl/N-ethyl adjacent to an activating group) is 1. The zero-order chi connectivity index (χ0) is 21.0. The van der Waals surface area contributed by atoms with Gasteiger partial charge in [0.05, 0.1) is 30.3 Å². The maximum Gasteiger partial charge on any atom is 0.267 e. The summed E-state index contributed by atoms with van der Waals surface area (Å²) < 4.78 is 7.19. The number of ether oxygens (including phenoxy) is 1. The highest BCUT2D eigenvalue weighted by molar-refractivity contribution is 8.26. The van der Waals surface area contributed by atoms with Gasteiger partial charge < -0.3 is 15.2 Å². The van der Waals surface area contributed by atoms with Gasteiger partial charge in [-0.25, -0.2) is 4.98 Å². The van der Waals surface area contributed by atoms with Crippen molar-refractivity contribution in [2.45, 2.75) is 13.8 Å². The van der Waals surface area contributed by atoms with Crippen molar-refractivity contribution in [2.24, 2.45) is 0 Å². The molecular weight excluding hydrogens is 412 g/mol. The van der Waals surface area contributed by atoms with E-state index in [9.17, 15) is 9.59 Å². The van der Waals surface area contributed by atoms with E-state index in [-0.39, 0.29) is 30.2 Å². The first kappa shape index (κ1) is 21.4. The van der Waals surface area contributed by atoms with Crippen molar-refractivity contribution in [3.8, 4) is 0 Å². The Morgan fingerprint density at radius 1 is 1.34 bits per heavy atom. The number of thioether (sulfide) groups is 1. The molecule has 1 saturated heterocycles. The molecule has 10 heteroatoms. The van der Waals surface area contributed by atoms with Crippen LogP contribution >= 0.6 is 24.0 Å². The monoisotopic (exact) mass is 434 g/mol. The quantitative estimate of drug-likeness (QED) is 0.368. The molecule has 2 aromatic heterocycles. The molecular formula is C19H22N4O4S2. The molecule has 3 heterocycles. The van der Waals surface area contributed by atoms with Gasteiger partial charge in [-0.05, 0) is 31.6 Å². The molecule has 0 atom stereocenters. The first-order valence-corrected chi connectivity index (χ1v) is 10.4. The van der Waals surface area contributed by atoms with E-state index in [1.807, 2.05) is 19.9 Å². The van der Waals surface area contributed by atoms with Crippen LogP contribution in [0.25, 0.3) is 11.7 Å². The van der Waals surface area contributed by atoms with Crippen molar-refractivity contribution < 1.29 is 14.6 Å². The van der Waals surface area contributed by atoms with Crippen LogP contribution < -0.4 is 10.9 Å². The third kappa shape index (κ3) is 4.67. The molecule has 154 valence electrons. The van der Waals surface area contributed by atoms with Gasteiger partial charge in [-0.2, -0.15) is 0 Å². The average Bonchev–Trinajstić information content (AvgIpc) is 2.97. The van der Waals surface area contributed by atoms with E-state index >= 15 is 0 Å². The Morgan fingerprint density at radius 3 is 2.83 bits per heavy atom. The summed E-state index contributed by atoms with van der Waals surface area (Å²) in [6.07, 6.45) is 3.27. The maximum absolute atomic E-state index is 13.2. The molecule has 0 aliphatic carbocycles. The third-order valence-corrected chi connectivity index (χ3v) is 5.62. The van der Waals surface area contributed by atoms with Crippen molar-refractivity contribution in [1.29, 1.82) is 0 Å². The Morgan fingerprint density at radius 2 is 2.14 bits per heavy atom. The van der Waals surface area contributed by atoms with Crippen LogP contribution in [-0.2, 0) is 9.53 Å². The molecule has 3 rings (SSSR count). The summed E-state index contributed by atoms with van der Waals surface area (Å²) in [5.74, 6) is 0.154. The van der Waals surface area contributed by atoms with E-state index in [1.54, 1.807) is 18.3 Å². The number of fused-ring (bicyclic) bond motifs is 1. The zero-order valence-electron chi connectivity index (χ0n) is 16.2. The molecule has 0 aromatic carbocycles. The number of thiocarbonyl (C=S) groups is 1. The minimum absolute atomic E-state index is 0.0561. The summed E-state index contributed by atoms with van der Waals surface area (Å²) in [4.78, 5) is 32.2. The lowest BCUT2D eigenvalue weighted by molar-refractivity contribution is -0.121. The van der Waals surface area contributed by atoms with E-state index in [4.69, 9.17) is 22.1 Å². The van der Waals surface area contributed by atoms with E-state index in [0.717, 1.165) is 5.56 Å². The molecule has 1 aliphatic rings. The predicted octanol–water partition coefficient (Wildman–Crippen LogP) is 1.64. The van der Waals surface area contributed by atoms with E-state index in [0.29, 0.717) is 40.4 Å². The summed E-state index contributed by atoms with van der Waals surface area (Å²) >= 11 is 6.43. The van der Waals surface area contributed by atoms with Crippen LogP contribution in [0.5, 0.6) is 0 Å². The number of hydrogen-bond donors (Lipinski definition) is 2. The normalized spacial score (nSPS) is 15.7. The molecule has 0 unspecified atom stereocenters. The van der Waals surface area contributed by atoms with Crippen molar-refractivity contribution in [3.63, 3.8) is 0 Å². The predicted molar refractivity (Wildman–Crippen MR) is 118 cm³/mol. The number of aliphatic hydroxyl groups is 1. The number of aryl methyl sites for hydroxylation is 1. The Labute approximate surface area is 177 Å². The number of carbonyl (C=O) groups excluding carboxylic acids is 1. The van der Waals surface area contributed by atoms with Crippen LogP contribution in [0, 0.1) is 6.92 Å². The molecule has 0 bridgehead atoms. The highest BCUT2D eigenvalue weighted by Gasteiger charge is 2.31. The number of aliphatic hydroxyl groups excluding tert-OH is 1. The Kier molecular flexibility index (Phi) is 7.01. The number of nitrogens with zero attached hydrogens (tertiary/aromatic N) is 3. The van der Waals surface area contributed by atoms with Crippen LogP contribution in [0.15, 0.2) is 28.0 Å². The van der Waals surface area contributed by atoms with Crippen LogP contribution in [-0.4, -0.2) is 62.5 Å².